The molecule has 1 fully saturated rings. The van der Waals surface area contributed by atoms with Crippen LogP contribution in [-0.4, -0.2) is 27.0 Å². The maximum absolute atomic E-state index is 13.3. The van der Waals surface area contributed by atoms with Gasteiger partial charge in [0.05, 0.1) is 16.6 Å². The third kappa shape index (κ3) is 4.19. The van der Waals surface area contributed by atoms with Gasteiger partial charge in [-0.05, 0) is 30.2 Å². The van der Waals surface area contributed by atoms with Crippen molar-refractivity contribution in [3.05, 3.63) is 70.3 Å². The van der Waals surface area contributed by atoms with Crippen molar-refractivity contribution in [2.45, 2.75) is 56.5 Å². The Morgan fingerprint density at radius 1 is 0.882 bits per heavy atom. The molecule has 34 heavy (non-hydrogen) atoms. The number of hydrogen-bond donors (Lipinski definition) is 1. The predicted molar refractivity (Wildman–Crippen MR) is 114 cm³/mol. The van der Waals surface area contributed by atoms with E-state index in [2.05, 4.69) is 4.98 Å². The Morgan fingerprint density at radius 2 is 1.47 bits per heavy atom. The average Bonchev–Trinajstić information content (AvgIpc) is 2.78. The SMILES string of the molecule is O=c1c2ccccc2nc(CC2CCCCC2)n1-c1ccc(C(O)(C(F)(F)F)C(F)(F)F)cc1. The summed E-state index contributed by atoms with van der Waals surface area (Å²) in [6.45, 7) is 0. The van der Waals surface area contributed by atoms with E-state index in [1.165, 1.54) is 4.57 Å². The molecule has 1 heterocycles. The van der Waals surface area contributed by atoms with Gasteiger partial charge in [0.25, 0.3) is 11.2 Å². The summed E-state index contributed by atoms with van der Waals surface area (Å²) >= 11 is 0. The van der Waals surface area contributed by atoms with Gasteiger partial charge in [-0.2, -0.15) is 26.3 Å². The second-order valence-electron chi connectivity index (χ2n) is 8.65. The van der Waals surface area contributed by atoms with Crippen LogP contribution in [-0.2, 0) is 12.0 Å². The van der Waals surface area contributed by atoms with Crippen molar-refractivity contribution >= 4 is 10.9 Å². The number of alkyl halides is 6. The van der Waals surface area contributed by atoms with Gasteiger partial charge in [-0.15, -0.1) is 0 Å². The fraction of sp³-hybridized carbons (Fsp3) is 0.417. The molecule has 4 rings (SSSR count). The van der Waals surface area contributed by atoms with E-state index in [4.69, 9.17) is 0 Å². The second kappa shape index (κ2) is 8.72. The number of para-hydroxylation sites is 1. The second-order valence-corrected chi connectivity index (χ2v) is 8.65. The summed E-state index contributed by atoms with van der Waals surface area (Å²) in [4.78, 5) is 17.9. The van der Waals surface area contributed by atoms with Crippen molar-refractivity contribution in [1.82, 2.24) is 9.55 Å². The molecule has 1 saturated carbocycles. The van der Waals surface area contributed by atoms with Crippen LogP contribution < -0.4 is 5.56 Å². The van der Waals surface area contributed by atoms with Crippen molar-refractivity contribution < 1.29 is 31.4 Å². The summed E-state index contributed by atoms with van der Waals surface area (Å²) < 4.78 is 80.7. The van der Waals surface area contributed by atoms with Crippen LogP contribution in [0.2, 0.25) is 0 Å². The average molecular weight is 484 g/mol. The van der Waals surface area contributed by atoms with E-state index in [9.17, 15) is 36.2 Å². The minimum absolute atomic E-state index is 0.0736. The minimum Gasteiger partial charge on any atom is -0.369 e. The lowest BCUT2D eigenvalue weighted by atomic mass is 9.86. The van der Waals surface area contributed by atoms with Gasteiger partial charge in [-0.1, -0.05) is 56.4 Å². The first kappa shape index (κ1) is 24.3. The van der Waals surface area contributed by atoms with Crippen LogP contribution in [0.15, 0.2) is 53.3 Å². The first-order valence-corrected chi connectivity index (χ1v) is 10.9. The van der Waals surface area contributed by atoms with Crippen LogP contribution in [0.5, 0.6) is 0 Å². The van der Waals surface area contributed by atoms with Crippen LogP contribution in [0.25, 0.3) is 16.6 Å². The molecule has 0 bridgehead atoms. The number of benzene rings is 2. The monoisotopic (exact) mass is 484 g/mol. The van der Waals surface area contributed by atoms with Crippen molar-refractivity contribution in [3.63, 3.8) is 0 Å². The molecule has 1 aliphatic carbocycles. The van der Waals surface area contributed by atoms with E-state index in [0.29, 0.717) is 29.9 Å². The Morgan fingerprint density at radius 3 is 2.06 bits per heavy atom. The summed E-state index contributed by atoms with van der Waals surface area (Å²) in [6.07, 6.45) is -6.40. The molecule has 0 unspecified atom stereocenters. The van der Waals surface area contributed by atoms with Gasteiger partial charge in [-0.3, -0.25) is 9.36 Å². The van der Waals surface area contributed by atoms with Gasteiger partial charge in [0.15, 0.2) is 0 Å². The molecule has 0 atom stereocenters. The summed E-state index contributed by atoms with van der Waals surface area (Å²) in [6, 6.07) is 9.65. The van der Waals surface area contributed by atoms with Crippen molar-refractivity contribution in [2.24, 2.45) is 5.92 Å². The third-order valence-electron chi connectivity index (χ3n) is 6.40. The van der Waals surface area contributed by atoms with Crippen LogP contribution in [0.4, 0.5) is 26.3 Å². The van der Waals surface area contributed by atoms with E-state index in [0.717, 1.165) is 44.2 Å². The summed E-state index contributed by atoms with van der Waals surface area (Å²) in [5, 5.41) is 9.93. The topological polar surface area (TPSA) is 55.1 Å². The standard InChI is InChI=1S/C24H22F6N2O2/c25-23(26,27)22(34,24(28,29)30)16-10-12-17(13-11-16)32-20(14-15-6-2-1-3-7-15)31-19-9-5-4-8-18(19)21(32)33/h4-5,8-13,15,34H,1-3,6-7,14H2. The van der Waals surface area contributed by atoms with Gasteiger partial charge in [0.1, 0.15) is 5.82 Å². The van der Waals surface area contributed by atoms with Crippen LogP contribution in [0.1, 0.15) is 43.5 Å². The zero-order valence-corrected chi connectivity index (χ0v) is 18.0. The van der Waals surface area contributed by atoms with Crippen LogP contribution >= 0.6 is 0 Å². The maximum Gasteiger partial charge on any atom is 0.430 e. The Labute approximate surface area is 190 Å². The molecular weight excluding hydrogens is 462 g/mol. The van der Waals surface area contributed by atoms with E-state index in [1.54, 1.807) is 24.3 Å². The zero-order valence-electron chi connectivity index (χ0n) is 18.0. The lowest BCUT2D eigenvalue weighted by Gasteiger charge is -2.32. The Bertz CT molecular complexity index is 1210. The molecule has 182 valence electrons. The van der Waals surface area contributed by atoms with Crippen LogP contribution in [0, 0.1) is 5.92 Å². The number of aliphatic hydroxyl groups is 1. The highest BCUT2D eigenvalue weighted by Gasteiger charge is 2.71. The quantitative estimate of drug-likeness (QED) is 0.475. The Kier molecular flexibility index (Phi) is 6.22. The smallest absolute Gasteiger partial charge is 0.369 e. The number of fused-ring (bicyclic) bond motifs is 1. The first-order valence-electron chi connectivity index (χ1n) is 10.9. The summed E-state index contributed by atoms with van der Waals surface area (Å²) in [5.41, 5.74) is -6.34. The summed E-state index contributed by atoms with van der Waals surface area (Å²) in [7, 11) is 0. The van der Waals surface area contributed by atoms with Crippen LogP contribution in [0.3, 0.4) is 0 Å². The Hall–Kier alpha value is -2.88. The molecule has 0 saturated heterocycles. The normalized spacial score (nSPS) is 16.2. The minimum atomic E-state index is -5.99. The van der Waals surface area contributed by atoms with Gasteiger partial charge < -0.3 is 5.11 Å². The molecule has 0 aliphatic heterocycles. The van der Waals surface area contributed by atoms with Gasteiger partial charge in [0, 0.05) is 12.0 Å². The highest BCUT2D eigenvalue weighted by molar-refractivity contribution is 5.77. The van der Waals surface area contributed by atoms with Gasteiger partial charge in [0.2, 0.25) is 0 Å². The molecule has 1 N–H and O–H groups in total. The zero-order chi connectivity index (χ0) is 24.7. The lowest BCUT2D eigenvalue weighted by Crippen LogP contribution is -2.53. The summed E-state index contributed by atoms with van der Waals surface area (Å²) in [5.74, 6) is 0.665. The highest BCUT2D eigenvalue weighted by atomic mass is 19.4. The van der Waals surface area contributed by atoms with E-state index in [1.807, 2.05) is 0 Å². The van der Waals surface area contributed by atoms with Crippen molar-refractivity contribution in [3.8, 4) is 5.69 Å². The highest BCUT2D eigenvalue weighted by Crippen LogP contribution is 2.50. The van der Waals surface area contributed by atoms with Gasteiger partial charge in [-0.25, -0.2) is 4.98 Å². The Balaban J connectivity index is 1.83. The fourth-order valence-electron chi connectivity index (χ4n) is 4.57. The maximum atomic E-state index is 13.3. The number of nitrogens with zero attached hydrogens (tertiary/aromatic N) is 2. The van der Waals surface area contributed by atoms with E-state index >= 15 is 0 Å². The first-order chi connectivity index (χ1) is 15.9. The fourth-order valence-corrected chi connectivity index (χ4v) is 4.57. The lowest BCUT2D eigenvalue weighted by molar-refractivity contribution is -0.376. The molecule has 10 heteroatoms. The van der Waals surface area contributed by atoms with E-state index < -0.39 is 29.1 Å². The van der Waals surface area contributed by atoms with Gasteiger partial charge >= 0.3 is 12.4 Å². The predicted octanol–water partition coefficient (Wildman–Crippen LogP) is 5.82. The molecule has 3 aromatic rings. The number of hydrogen-bond acceptors (Lipinski definition) is 3. The molecule has 1 aromatic heterocycles. The third-order valence-corrected chi connectivity index (χ3v) is 6.40. The molecule has 0 amide bonds. The molecule has 0 spiro atoms. The number of halogens is 6. The molecule has 2 aromatic carbocycles. The van der Waals surface area contributed by atoms with Crippen molar-refractivity contribution in [2.75, 3.05) is 0 Å². The largest absolute Gasteiger partial charge is 0.430 e. The number of aromatic nitrogens is 2. The molecule has 0 radical (unpaired) electrons. The van der Waals surface area contributed by atoms with Crippen molar-refractivity contribution in [1.29, 1.82) is 0 Å². The molecule has 4 nitrogen and oxygen atoms in total. The molecule has 1 aliphatic rings. The van der Waals surface area contributed by atoms with E-state index in [-0.39, 0.29) is 17.0 Å². The molecular formula is C24H22F6N2O2. The number of rotatable bonds is 4.